The summed E-state index contributed by atoms with van der Waals surface area (Å²) < 4.78 is 23.4. The number of hydrogen-bond acceptors (Lipinski definition) is 9. The second kappa shape index (κ2) is 8.61. The fraction of sp³-hybridized carbons (Fsp3) is 0.409. The Kier molecular flexibility index (Phi) is 5.66. The van der Waals surface area contributed by atoms with Crippen molar-refractivity contribution in [1.29, 1.82) is 0 Å². The van der Waals surface area contributed by atoms with E-state index in [4.69, 9.17) is 4.74 Å². The van der Waals surface area contributed by atoms with Gasteiger partial charge in [0.1, 0.15) is 30.0 Å². The maximum Gasteiger partial charge on any atom is 0.238 e. The summed E-state index contributed by atoms with van der Waals surface area (Å²) in [5.41, 5.74) is 3.00. The minimum Gasteiger partial charge on any atom is -0.469 e. The van der Waals surface area contributed by atoms with Crippen LogP contribution in [-0.4, -0.2) is 61.1 Å². The van der Waals surface area contributed by atoms with Gasteiger partial charge >= 0.3 is 0 Å². The number of β-amino-alcohol motifs (C(OH)–C–C–N with tert-alkyl or cyclic N) is 1. The van der Waals surface area contributed by atoms with E-state index in [1.54, 1.807) is 6.20 Å². The summed E-state index contributed by atoms with van der Waals surface area (Å²) in [6.45, 7) is 3.02. The lowest BCUT2D eigenvalue weighted by Gasteiger charge is -2.18. The Morgan fingerprint density at radius 1 is 1.22 bits per heavy atom. The Bertz CT molecular complexity index is 1260. The molecule has 0 unspecified atom stereocenters. The van der Waals surface area contributed by atoms with Crippen molar-refractivity contribution in [3.05, 3.63) is 42.4 Å². The van der Waals surface area contributed by atoms with Crippen molar-refractivity contribution < 1.29 is 14.1 Å². The van der Waals surface area contributed by atoms with Gasteiger partial charge in [0.2, 0.25) is 5.88 Å². The Labute approximate surface area is 186 Å². The Balaban J connectivity index is 1.49. The normalized spacial score (nSPS) is 22.2. The molecule has 168 valence electrons. The van der Waals surface area contributed by atoms with Gasteiger partial charge in [-0.15, -0.1) is 0 Å². The number of pyridine rings is 1. The molecule has 0 saturated carbocycles. The largest absolute Gasteiger partial charge is 0.469 e. The first-order chi connectivity index (χ1) is 15.5. The molecular weight excluding hydrogens is 428 g/mol. The van der Waals surface area contributed by atoms with Gasteiger partial charge in [-0.25, -0.2) is 19.2 Å². The Hall–Kier alpha value is -2.82. The first-order valence-corrected chi connectivity index (χ1v) is 12.6. The first kappa shape index (κ1) is 21.0. The molecule has 5 rings (SSSR count). The van der Waals surface area contributed by atoms with Crippen molar-refractivity contribution in [3.8, 4) is 5.88 Å². The molecule has 3 aromatic rings. The fourth-order valence-electron chi connectivity index (χ4n) is 4.17. The van der Waals surface area contributed by atoms with E-state index in [-0.39, 0.29) is 6.10 Å². The molecule has 2 aliphatic heterocycles. The van der Waals surface area contributed by atoms with Crippen LogP contribution in [-0.2, 0) is 9.73 Å². The zero-order valence-electron chi connectivity index (χ0n) is 17.8. The average molecular weight is 455 g/mol. The zero-order valence-corrected chi connectivity index (χ0v) is 18.6. The van der Waals surface area contributed by atoms with Crippen molar-refractivity contribution in [2.75, 3.05) is 29.9 Å². The molecule has 2 fully saturated rings. The van der Waals surface area contributed by atoms with Crippen LogP contribution < -0.4 is 15.4 Å². The van der Waals surface area contributed by atoms with Gasteiger partial charge in [-0.1, -0.05) is 0 Å². The van der Waals surface area contributed by atoms with E-state index in [0.717, 1.165) is 29.3 Å². The highest BCUT2D eigenvalue weighted by atomic mass is 32.2. The summed E-state index contributed by atoms with van der Waals surface area (Å²) in [5.74, 6) is 2.34. The molecule has 10 heteroatoms. The molecule has 0 spiro atoms. The third-order valence-corrected chi connectivity index (χ3v) is 8.18. The van der Waals surface area contributed by atoms with Gasteiger partial charge < -0.3 is 20.5 Å². The average Bonchev–Trinajstić information content (AvgIpc) is 3.37. The predicted octanol–water partition coefficient (Wildman–Crippen LogP) is 2.68. The number of aryl methyl sites for hydroxylation is 1. The molecule has 0 bridgehead atoms. The molecule has 0 radical (unpaired) electrons. The van der Waals surface area contributed by atoms with E-state index in [1.807, 2.05) is 31.2 Å². The van der Waals surface area contributed by atoms with Gasteiger partial charge in [-0.05, 0) is 49.6 Å². The molecule has 32 heavy (non-hydrogen) atoms. The number of nitrogens with zero attached hydrogens (tertiary/aromatic N) is 4. The summed E-state index contributed by atoms with van der Waals surface area (Å²) in [4.78, 5) is 13.2. The van der Waals surface area contributed by atoms with Crippen LogP contribution in [0.1, 0.15) is 18.4 Å². The molecule has 2 saturated heterocycles. The summed E-state index contributed by atoms with van der Waals surface area (Å²) in [6.07, 6.45) is 4.13. The third kappa shape index (κ3) is 4.25. The van der Waals surface area contributed by atoms with E-state index in [0.29, 0.717) is 47.7 Å². The topological polar surface area (TPSA) is 122 Å². The number of anilines is 2. The van der Waals surface area contributed by atoms with Gasteiger partial charge in [0.15, 0.2) is 0 Å². The van der Waals surface area contributed by atoms with Gasteiger partial charge in [-0.2, -0.15) is 4.36 Å². The number of ether oxygens (including phenoxy) is 1. The van der Waals surface area contributed by atoms with Crippen LogP contribution in [0.2, 0.25) is 0 Å². The molecule has 4 heterocycles. The lowest BCUT2D eigenvalue weighted by molar-refractivity contribution is 0.0712. The zero-order chi connectivity index (χ0) is 22.1. The van der Waals surface area contributed by atoms with E-state index in [2.05, 4.69) is 29.9 Å². The van der Waals surface area contributed by atoms with Crippen LogP contribution in [0.15, 0.2) is 41.2 Å². The highest BCUT2D eigenvalue weighted by Gasteiger charge is 2.28. The number of aliphatic hydroxyl groups is 1. The molecule has 1 aromatic carbocycles. The van der Waals surface area contributed by atoms with E-state index >= 15 is 0 Å². The van der Waals surface area contributed by atoms with Gasteiger partial charge in [0.05, 0.1) is 20.9 Å². The smallest absolute Gasteiger partial charge is 0.238 e. The quantitative estimate of drug-likeness (QED) is 0.538. The van der Waals surface area contributed by atoms with Gasteiger partial charge in [-0.3, -0.25) is 0 Å². The lowest BCUT2D eigenvalue weighted by atomic mass is 10.1. The van der Waals surface area contributed by atoms with Crippen LogP contribution in [0, 0.1) is 6.92 Å². The molecule has 0 aliphatic carbocycles. The van der Waals surface area contributed by atoms with Crippen LogP contribution in [0.3, 0.4) is 0 Å². The fourth-order valence-corrected chi connectivity index (χ4v) is 6.36. The van der Waals surface area contributed by atoms with Crippen LogP contribution in [0.4, 0.5) is 17.2 Å². The molecule has 2 atom stereocenters. The van der Waals surface area contributed by atoms with Crippen molar-refractivity contribution in [1.82, 2.24) is 20.3 Å². The van der Waals surface area contributed by atoms with Crippen molar-refractivity contribution in [3.63, 3.8) is 0 Å². The van der Waals surface area contributed by atoms with Crippen LogP contribution in [0.25, 0.3) is 10.9 Å². The number of nitrogens with one attached hydrogen (secondary N) is 2. The number of hydrogen-bond donors (Lipinski definition) is 3. The third-order valence-electron chi connectivity index (χ3n) is 5.78. The maximum atomic E-state index is 12.9. The standard InChI is InChI=1S/C22H26N6O3S/c1-14-9-15(28-32(30)7-2-3-8-32)10-17-20(14)21(26-13-25-17)27-16-5-4-6-24-22(16)31-19-12-23-11-18(19)29/h4-6,9-10,13,18-19,23,29H,2-3,7-8,11-12H2,1H3,(H,25,26,27)/t18-,19-/m1/s1. The molecule has 3 N–H and O–H groups in total. The number of aromatic nitrogens is 3. The SMILES string of the molecule is Cc1cc(N=S2(=O)CCCC2)cc2ncnc(Nc3cccnc3O[C@@H]3CNC[C@H]3O)c12. The van der Waals surface area contributed by atoms with Crippen molar-refractivity contribution >= 4 is 37.8 Å². The minimum absolute atomic E-state index is 0.365. The number of benzene rings is 1. The second-order valence-electron chi connectivity index (χ2n) is 8.22. The Morgan fingerprint density at radius 3 is 2.84 bits per heavy atom. The number of fused-ring (bicyclic) bond motifs is 1. The highest BCUT2D eigenvalue weighted by molar-refractivity contribution is 7.93. The molecule has 0 amide bonds. The van der Waals surface area contributed by atoms with Gasteiger partial charge in [0, 0.05) is 36.2 Å². The Morgan fingerprint density at radius 2 is 2.06 bits per heavy atom. The summed E-state index contributed by atoms with van der Waals surface area (Å²) >= 11 is 0. The van der Waals surface area contributed by atoms with Crippen molar-refractivity contribution in [2.24, 2.45) is 4.36 Å². The number of aliphatic hydroxyl groups excluding tert-OH is 1. The van der Waals surface area contributed by atoms with Crippen LogP contribution >= 0.6 is 0 Å². The summed E-state index contributed by atoms with van der Waals surface area (Å²) in [6, 6.07) is 7.46. The summed E-state index contributed by atoms with van der Waals surface area (Å²) in [5, 5.41) is 17.3. The van der Waals surface area contributed by atoms with Gasteiger partial charge in [0.25, 0.3) is 0 Å². The molecule has 2 aliphatic rings. The number of rotatable bonds is 5. The highest BCUT2D eigenvalue weighted by Crippen LogP contribution is 2.33. The lowest BCUT2D eigenvalue weighted by Crippen LogP contribution is -2.30. The molecular formula is C22H26N6O3S. The predicted molar refractivity (Wildman–Crippen MR) is 124 cm³/mol. The monoisotopic (exact) mass is 454 g/mol. The van der Waals surface area contributed by atoms with E-state index in [9.17, 15) is 9.32 Å². The van der Waals surface area contributed by atoms with E-state index in [1.165, 1.54) is 6.33 Å². The maximum absolute atomic E-state index is 12.9. The molecule has 2 aromatic heterocycles. The van der Waals surface area contributed by atoms with Crippen LogP contribution in [0.5, 0.6) is 5.88 Å². The second-order valence-corrected chi connectivity index (χ2v) is 10.8. The minimum atomic E-state index is -2.16. The first-order valence-electron chi connectivity index (χ1n) is 10.8. The summed E-state index contributed by atoms with van der Waals surface area (Å²) in [7, 11) is -2.16. The van der Waals surface area contributed by atoms with E-state index < -0.39 is 15.8 Å². The van der Waals surface area contributed by atoms with Crippen molar-refractivity contribution in [2.45, 2.75) is 32.0 Å². The molecule has 9 nitrogen and oxygen atoms in total.